The smallest absolute Gasteiger partial charge is 0.214 e. The van der Waals surface area contributed by atoms with E-state index in [4.69, 9.17) is 9.47 Å². The molecule has 0 atom stereocenters. The van der Waals surface area contributed by atoms with Crippen molar-refractivity contribution in [2.45, 2.75) is 26.2 Å². The van der Waals surface area contributed by atoms with Crippen LogP contribution in [0.5, 0.6) is 0 Å². The summed E-state index contributed by atoms with van der Waals surface area (Å²) in [6.07, 6.45) is 2.48. The zero-order chi connectivity index (χ0) is 13.4. The molecular weight excluding hydrogens is 254 g/mol. The second kappa shape index (κ2) is 8.09. The molecule has 6 heteroatoms. The zero-order valence-electron chi connectivity index (χ0n) is 11.4. The molecule has 0 aromatic rings. The highest BCUT2D eigenvalue weighted by Crippen LogP contribution is 2.20. The minimum absolute atomic E-state index is 0.266. The lowest BCUT2D eigenvalue weighted by molar-refractivity contribution is 0.0410. The van der Waals surface area contributed by atoms with Gasteiger partial charge in [0, 0.05) is 26.8 Å². The van der Waals surface area contributed by atoms with E-state index in [2.05, 4.69) is 0 Å². The number of rotatable bonds is 8. The topological polar surface area (TPSA) is 55.8 Å². The van der Waals surface area contributed by atoms with Gasteiger partial charge in [0.05, 0.1) is 19.0 Å². The van der Waals surface area contributed by atoms with Gasteiger partial charge in [0.1, 0.15) is 0 Å². The van der Waals surface area contributed by atoms with Crippen LogP contribution in [0.25, 0.3) is 0 Å². The van der Waals surface area contributed by atoms with Crippen LogP contribution in [0.15, 0.2) is 0 Å². The van der Waals surface area contributed by atoms with Crippen molar-refractivity contribution >= 4 is 10.0 Å². The summed E-state index contributed by atoms with van der Waals surface area (Å²) in [7, 11) is -1.36. The van der Waals surface area contributed by atoms with Gasteiger partial charge in [0.15, 0.2) is 0 Å². The molecule has 1 fully saturated rings. The molecule has 108 valence electrons. The molecule has 1 aliphatic heterocycles. The Bertz CT molecular complexity index is 310. The van der Waals surface area contributed by atoms with Gasteiger partial charge in [-0.2, -0.15) is 0 Å². The van der Waals surface area contributed by atoms with Gasteiger partial charge < -0.3 is 9.47 Å². The van der Waals surface area contributed by atoms with Crippen molar-refractivity contribution in [2.24, 2.45) is 5.92 Å². The Kier molecular flexibility index (Phi) is 7.14. The van der Waals surface area contributed by atoms with Crippen LogP contribution >= 0.6 is 0 Å². The predicted molar refractivity (Wildman–Crippen MR) is 71.1 cm³/mol. The van der Waals surface area contributed by atoms with Crippen LogP contribution in [-0.2, 0) is 19.5 Å². The second-order valence-electron chi connectivity index (χ2n) is 4.73. The van der Waals surface area contributed by atoms with Gasteiger partial charge in [-0.1, -0.05) is 6.92 Å². The van der Waals surface area contributed by atoms with E-state index in [1.807, 2.05) is 6.92 Å². The second-order valence-corrected chi connectivity index (χ2v) is 6.81. The fraction of sp³-hybridized carbons (Fsp3) is 1.00. The van der Waals surface area contributed by atoms with Crippen molar-refractivity contribution in [3.8, 4) is 0 Å². The van der Waals surface area contributed by atoms with Crippen molar-refractivity contribution in [1.82, 2.24) is 4.31 Å². The lowest BCUT2D eigenvalue weighted by atomic mass is 9.99. The SMILES string of the molecule is CCCS(=O)(=O)N1CCC(COCCOC)CC1. The summed E-state index contributed by atoms with van der Waals surface area (Å²) >= 11 is 0. The Morgan fingerprint density at radius 1 is 1.22 bits per heavy atom. The first-order chi connectivity index (χ1) is 8.60. The van der Waals surface area contributed by atoms with Gasteiger partial charge in [-0.15, -0.1) is 0 Å². The Morgan fingerprint density at radius 2 is 1.89 bits per heavy atom. The molecule has 0 aliphatic carbocycles. The van der Waals surface area contributed by atoms with Crippen molar-refractivity contribution in [3.63, 3.8) is 0 Å². The Morgan fingerprint density at radius 3 is 2.44 bits per heavy atom. The lowest BCUT2D eigenvalue weighted by Crippen LogP contribution is -2.40. The average molecular weight is 279 g/mol. The van der Waals surface area contributed by atoms with E-state index in [1.54, 1.807) is 11.4 Å². The highest BCUT2D eigenvalue weighted by atomic mass is 32.2. The molecule has 1 heterocycles. The molecule has 0 aromatic carbocycles. The van der Waals surface area contributed by atoms with Crippen LogP contribution in [0.2, 0.25) is 0 Å². The zero-order valence-corrected chi connectivity index (χ0v) is 12.2. The summed E-state index contributed by atoms with van der Waals surface area (Å²) in [6, 6.07) is 0. The number of sulfonamides is 1. The minimum atomic E-state index is -3.01. The van der Waals surface area contributed by atoms with Crippen molar-refractivity contribution < 1.29 is 17.9 Å². The molecular formula is C12H25NO4S. The third-order valence-corrected chi connectivity index (χ3v) is 5.29. The molecule has 0 bridgehead atoms. The first-order valence-electron chi connectivity index (χ1n) is 6.64. The molecule has 18 heavy (non-hydrogen) atoms. The van der Waals surface area contributed by atoms with Gasteiger partial charge in [-0.05, 0) is 25.2 Å². The first-order valence-corrected chi connectivity index (χ1v) is 8.25. The lowest BCUT2D eigenvalue weighted by Gasteiger charge is -2.31. The predicted octanol–water partition coefficient (Wildman–Crippen LogP) is 1.10. The molecule has 0 amide bonds. The van der Waals surface area contributed by atoms with Gasteiger partial charge in [0.2, 0.25) is 10.0 Å². The Labute approximate surface area is 110 Å². The third-order valence-electron chi connectivity index (χ3n) is 3.21. The minimum Gasteiger partial charge on any atom is -0.382 e. The quantitative estimate of drug-likeness (QED) is 0.624. The van der Waals surface area contributed by atoms with Crippen LogP contribution in [0.4, 0.5) is 0 Å². The van der Waals surface area contributed by atoms with Crippen LogP contribution < -0.4 is 0 Å². The maximum atomic E-state index is 11.9. The average Bonchev–Trinajstić information content (AvgIpc) is 2.35. The number of hydrogen-bond donors (Lipinski definition) is 0. The van der Waals surface area contributed by atoms with Gasteiger partial charge in [0.25, 0.3) is 0 Å². The van der Waals surface area contributed by atoms with E-state index in [0.717, 1.165) is 12.8 Å². The number of nitrogens with zero attached hydrogens (tertiary/aromatic N) is 1. The summed E-state index contributed by atoms with van der Waals surface area (Å²) in [5.74, 6) is 0.747. The van der Waals surface area contributed by atoms with E-state index in [9.17, 15) is 8.42 Å². The Balaban J connectivity index is 2.24. The van der Waals surface area contributed by atoms with E-state index in [1.165, 1.54) is 0 Å². The Hall–Kier alpha value is -0.170. The first kappa shape index (κ1) is 15.9. The molecule has 0 saturated carbocycles. The van der Waals surface area contributed by atoms with E-state index < -0.39 is 10.0 Å². The van der Waals surface area contributed by atoms with Crippen molar-refractivity contribution in [2.75, 3.05) is 45.8 Å². The fourth-order valence-corrected chi connectivity index (χ4v) is 3.67. The van der Waals surface area contributed by atoms with Crippen LogP contribution in [0, 0.1) is 5.92 Å². The number of piperidine rings is 1. The van der Waals surface area contributed by atoms with E-state index >= 15 is 0 Å². The molecule has 5 nitrogen and oxygen atoms in total. The highest BCUT2D eigenvalue weighted by molar-refractivity contribution is 7.89. The van der Waals surface area contributed by atoms with Crippen LogP contribution in [0.1, 0.15) is 26.2 Å². The van der Waals surface area contributed by atoms with Gasteiger partial charge >= 0.3 is 0 Å². The molecule has 0 aromatic heterocycles. The summed E-state index contributed by atoms with van der Waals surface area (Å²) < 4.78 is 35.8. The van der Waals surface area contributed by atoms with Crippen molar-refractivity contribution in [3.05, 3.63) is 0 Å². The summed E-state index contributed by atoms with van der Waals surface area (Å²) in [4.78, 5) is 0. The monoisotopic (exact) mass is 279 g/mol. The molecule has 0 N–H and O–H groups in total. The molecule has 0 spiro atoms. The summed E-state index contributed by atoms with van der Waals surface area (Å²) in [5, 5.41) is 0. The highest BCUT2D eigenvalue weighted by Gasteiger charge is 2.27. The number of hydrogen-bond acceptors (Lipinski definition) is 4. The largest absolute Gasteiger partial charge is 0.382 e. The standard InChI is InChI=1S/C12H25NO4S/c1-3-10-18(14,15)13-6-4-12(5-7-13)11-17-9-8-16-2/h12H,3-11H2,1-2H3. The normalized spacial score (nSPS) is 19.2. The number of ether oxygens (including phenoxy) is 2. The summed E-state index contributed by atoms with van der Waals surface area (Å²) in [5.41, 5.74) is 0. The maximum Gasteiger partial charge on any atom is 0.214 e. The molecule has 0 unspecified atom stereocenters. The van der Waals surface area contributed by atoms with Crippen LogP contribution in [0.3, 0.4) is 0 Å². The number of methoxy groups -OCH3 is 1. The summed E-state index contributed by atoms with van der Waals surface area (Å²) in [6.45, 7) is 5.12. The van der Waals surface area contributed by atoms with Gasteiger partial charge in [-0.25, -0.2) is 12.7 Å². The van der Waals surface area contributed by atoms with E-state index in [-0.39, 0.29) is 5.75 Å². The molecule has 1 saturated heterocycles. The molecule has 0 radical (unpaired) electrons. The van der Waals surface area contributed by atoms with Crippen LogP contribution in [-0.4, -0.2) is 58.5 Å². The fourth-order valence-electron chi connectivity index (χ4n) is 2.13. The molecule has 1 aliphatic rings. The maximum absolute atomic E-state index is 11.9. The van der Waals surface area contributed by atoms with Crippen molar-refractivity contribution in [1.29, 1.82) is 0 Å². The van der Waals surface area contributed by atoms with Gasteiger partial charge in [-0.3, -0.25) is 0 Å². The third kappa shape index (κ3) is 5.22. The van der Waals surface area contributed by atoms with E-state index in [0.29, 0.717) is 45.2 Å². The molecule has 1 rings (SSSR count).